The topological polar surface area (TPSA) is 92.2 Å². The van der Waals surface area contributed by atoms with Crippen LogP contribution in [0.25, 0.3) is 22.5 Å². The van der Waals surface area contributed by atoms with E-state index in [0.29, 0.717) is 17.0 Å². The van der Waals surface area contributed by atoms with Crippen molar-refractivity contribution in [2.75, 3.05) is 7.11 Å². The molecular formula is C20H20N4O3. The average molecular weight is 364 g/mol. The predicted molar refractivity (Wildman–Crippen MR) is 104 cm³/mol. The standard InChI is InChI=1S/C20H20N4O3/c1-20(2,3)17-12(21-10-22-17)9-13-19(26)24-14(18(25)23-13)8-11-6-5-7-15(27-4)16(11)24/h5-10H,1-4H3,(H,21,22)(H,23,25). The van der Waals surface area contributed by atoms with Crippen molar-refractivity contribution in [3.63, 3.8) is 0 Å². The van der Waals surface area contributed by atoms with Gasteiger partial charge in [0.25, 0.3) is 11.1 Å². The molecule has 7 heteroatoms. The van der Waals surface area contributed by atoms with Gasteiger partial charge in [-0.3, -0.25) is 14.0 Å². The third-order valence-corrected chi connectivity index (χ3v) is 4.62. The maximum Gasteiger partial charge on any atom is 0.279 e. The summed E-state index contributed by atoms with van der Waals surface area (Å²) in [7, 11) is 1.54. The molecule has 0 spiro atoms. The molecular weight excluding hydrogens is 344 g/mol. The highest BCUT2D eigenvalue weighted by atomic mass is 16.5. The Balaban J connectivity index is 2.12. The average Bonchev–Trinajstić information content (AvgIpc) is 3.23. The Kier molecular flexibility index (Phi) is 3.69. The number of hydrogen-bond acceptors (Lipinski definition) is 4. The molecule has 0 atom stereocenters. The minimum Gasteiger partial charge on any atom is -0.495 e. The van der Waals surface area contributed by atoms with Gasteiger partial charge in [0, 0.05) is 16.5 Å². The molecule has 4 rings (SSSR count). The number of para-hydroxylation sites is 1. The van der Waals surface area contributed by atoms with E-state index in [1.807, 2.05) is 32.9 Å². The van der Waals surface area contributed by atoms with Gasteiger partial charge in [-0.25, -0.2) is 4.98 Å². The number of aromatic amines is 2. The fourth-order valence-corrected chi connectivity index (χ4v) is 3.38. The van der Waals surface area contributed by atoms with Gasteiger partial charge < -0.3 is 14.7 Å². The second-order valence-electron chi connectivity index (χ2n) is 7.49. The number of fused-ring (bicyclic) bond motifs is 3. The molecule has 0 aliphatic rings. The molecule has 0 aliphatic carbocycles. The quantitative estimate of drug-likeness (QED) is 0.566. The van der Waals surface area contributed by atoms with E-state index in [0.717, 1.165) is 11.1 Å². The Bertz CT molecular complexity index is 1340. The summed E-state index contributed by atoms with van der Waals surface area (Å²) in [5.41, 5.74) is 1.53. The normalized spacial score (nSPS) is 13.0. The fraction of sp³-hybridized carbons (Fsp3) is 0.250. The van der Waals surface area contributed by atoms with Crippen molar-refractivity contribution < 1.29 is 4.74 Å². The molecule has 138 valence electrons. The zero-order valence-electron chi connectivity index (χ0n) is 15.6. The summed E-state index contributed by atoms with van der Waals surface area (Å²) in [5, 5.41) is 0.942. The summed E-state index contributed by atoms with van der Waals surface area (Å²) >= 11 is 0. The lowest BCUT2D eigenvalue weighted by atomic mass is 9.90. The zero-order valence-corrected chi connectivity index (χ0v) is 15.6. The first-order valence-corrected chi connectivity index (χ1v) is 8.61. The van der Waals surface area contributed by atoms with E-state index in [1.54, 1.807) is 24.5 Å². The van der Waals surface area contributed by atoms with Crippen LogP contribution in [0.4, 0.5) is 0 Å². The van der Waals surface area contributed by atoms with E-state index in [2.05, 4.69) is 15.0 Å². The van der Waals surface area contributed by atoms with Gasteiger partial charge in [-0.05, 0) is 18.2 Å². The lowest BCUT2D eigenvalue weighted by molar-refractivity contribution is 0.418. The van der Waals surface area contributed by atoms with Crippen LogP contribution in [0, 0.1) is 0 Å². The summed E-state index contributed by atoms with van der Waals surface area (Å²) in [6.45, 7) is 6.14. The largest absolute Gasteiger partial charge is 0.495 e. The summed E-state index contributed by atoms with van der Waals surface area (Å²) in [6, 6.07) is 7.13. The van der Waals surface area contributed by atoms with Crippen molar-refractivity contribution in [1.82, 2.24) is 19.4 Å². The number of nitrogens with one attached hydrogen (secondary N) is 2. The number of ether oxygens (including phenoxy) is 1. The maximum atomic E-state index is 13.2. The van der Waals surface area contributed by atoms with Crippen molar-refractivity contribution in [3.05, 3.63) is 68.0 Å². The van der Waals surface area contributed by atoms with Crippen molar-refractivity contribution in [3.8, 4) is 5.75 Å². The van der Waals surface area contributed by atoms with Crippen LogP contribution < -0.4 is 21.2 Å². The third-order valence-electron chi connectivity index (χ3n) is 4.62. The predicted octanol–water partition coefficient (Wildman–Crippen LogP) is 1.72. The van der Waals surface area contributed by atoms with Crippen molar-refractivity contribution in [2.45, 2.75) is 26.2 Å². The SMILES string of the molecule is COc1cccc2cc3c(=O)[nH]c(=Cc4nc[nH]c4C(C)(C)C)c(=O)n3c12. The number of rotatable bonds is 2. The first-order valence-electron chi connectivity index (χ1n) is 8.61. The van der Waals surface area contributed by atoms with Gasteiger partial charge in [-0.1, -0.05) is 32.9 Å². The molecule has 1 aromatic carbocycles. The first-order chi connectivity index (χ1) is 12.8. The number of imidazole rings is 1. The Morgan fingerprint density at radius 2 is 2.00 bits per heavy atom. The van der Waals surface area contributed by atoms with Gasteiger partial charge in [-0.15, -0.1) is 0 Å². The van der Waals surface area contributed by atoms with Gasteiger partial charge in [-0.2, -0.15) is 0 Å². The molecule has 0 unspecified atom stereocenters. The van der Waals surface area contributed by atoms with Crippen LogP contribution in [0.3, 0.4) is 0 Å². The van der Waals surface area contributed by atoms with E-state index in [9.17, 15) is 9.59 Å². The second-order valence-corrected chi connectivity index (χ2v) is 7.49. The smallest absolute Gasteiger partial charge is 0.279 e. The lowest BCUT2D eigenvalue weighted by Crippen LogP contribution is -2.39. The Labute approximate surface area is 154 Å². The summed E-state index contributed by atoms with van der Waals surface area (Å²) in [5.74, 6) is 0.538. The molecule has 0 aliphatic heterocycles. The van der Waals surface area contributed by atoms with Crippen LogP contribution in [0.2, 0.25) is 0 Å². The Morgan fingerprint density at radius 1 is 1.22 bits per heavy atom. The monoisotopic (exact) mass is 364 g/mol. The molecule has 0 radical (unpaired) electrons. The van der Waals surface area contributed by atoms with Crippen molar-refractivity contribution >= 4 is 22.5 Å². The number of hydrogen-bond donors (Lipinski definition) is 2. The number of nitrogens with zero attached hydrogens (tertiary/aromatic N) is 2. The van der Waals surface area contributed by atoms with Gasteiger partial charge in [0.1, 0.15) is 16.6 Å². The first kappa shape index (κ1) is 17.1. The molecule has 0 amide bonds. The van der Waals surface area contributed by atoms with Gasteiger partial charge in [0.05, 0.1) is 24.6 Å². The molecule has 27 heavy (non-hydrogen) atoms. The number of H-pyrrole nitrogens is 2. The summed E-state index contributed by atoms with van der Waals surface area (Å²) < 4.78 is 6.80. The molecule has 0 bridgehead atoms. The second kappa shape index (κ2) is 5.84. The highest BCUT2D eigenvalue weighted by Crippen LogP contribution is 2.26. The maximum absolute atomic E-state index is 13.2. The molecule has 0 saturated heterocycles. The fourth-order valence-electron chi connectivity index (χ4n) is 3.38. The van der Waals surface area contributed by atoms with Crippen LogP contribution in [0.15, 0.2) is 40.2 Å². The highest BCUT2D eigenvalue weighted by molar-refractivity contribution is 5.91. The van der Waals surface area contributed by atoms with E-state index in [1.165, 1.54) is 11.5 Å². The van der Waals surface area contributed by atoms with Gasteiger partial charge >= 0.3 is 0 Å². The van der Waals surface area contributed by atoms with E-state index in [4.69, 9.17) is 4.74 Å². The molecule has 3 aromatic heterocycles. The molecule has 2 N–H and O–H groups in total. The van der Waals surface area contributed by atoms with Gasteiger partial charge in [0.15, 0.2) is 0 Å². The van der Waals surface area contributed by atoms with Crippen molar-refractivity contribution in [2.24, 2.45) is 0 Å². The number of aromatic nitrogens is 4. The Morgan fingerprint density at radius 3 is 2.70 bits per heavy atom. The van der Waals surface area contributed by atoms with E-state index >= 15 is 0 Å². The highest BCUT2D eigenvalue weighted by Gasteiger charge is 2.20. The van der Waals surface area contributed by atoms with E-state index in [-0.39, 0.29) is 27.4 Å². The summed E-state index contributed by atoms with van der Waals surface area (Å²) in [6.07, 6.45) is 3.20. The number of methoxy groups -OCH3 is 1. The van der Waals surface area contributed by atoms with Crippen LogP contribution >= 0.6 is 0 Å². The molecule has 0 fully saturated rings. The molecule has 7 nitrogen and oxygen atoms in total. The third kappa shape index (κ3) is 2.63. The molecule has 4 aromatic rings. The van der Waals surface area contributed by atoms with Crippen molar-refractivity contribution in [1.29, 1.82) is 0 Å². The Hall–Kier alpha value is -3.35. The summed E-state index contributed by atoms with van der Waals surface area (Å²) in [4.78, 5) is 35.9. The van der Waals surface area contributed by atoms with Crippen LogP contribution in [0.5, 0.6) is 5.75 Å². The van der Waals surface area contributed by atoms with Crippen LogP contribution in [-0.4, -0.2) is 26.5 Å². The van der Waals surface area contributed by atoms with Crippen LogP contribution in [-0.2, 0) is 5.41 Å². The molecule has 0 saturated carbocycles. The van der Waals surface area contributed by atoms with E-state index < -0.39 is 0 Å². The lowest BCUT2D eigenvalue weighted by Gasteiger charge is -2.16. The minimum absolute atomic E-state index is 0.175. The number of benzene rings is 1. The zero-order chi connectivity index (χ0) is 19.3. The minimum atomic E-state index is -0.341. The van der Waals surface area contributed by atoms with Crippen LogP contribution in [0.1, 0.15) is 32.2 Å². The van der Waals surface area contributed by atoms with Gasteiger partial charge in [0.2, 0.25) is 0 Å². The molecule has 3 heterocycles.